The van der Waals surface area contributed by atoms with Gasteiger partial charge in [0.15, 0.2) is 0 Å². The first-order chi connectivity index (χ1) is 34.0. The van der Waals surface area contributed by atoms with E-state index in [9.17, 15) is 19.4 Å². The number of allylic oxidation sites excluding steroid dienone is 21. The Bertz CT molecular complexity index is 1590. The number of phosphoric acid groups is 1. The van der Waals surface area contributed by atoms with E-state index in [0.29, 0.717) is 17.4 Å². The van der Waals surface area contributed by atoms with E-state index in [-0.39, 0.29) is 19.1 Å². The molecule has 0 saturated heterocycles. The Balaban J connectivity index is 4.18. The molecule has 0 radical (unpaired) electrons. The van der Waals surface area contributed by atoms with E-state index in [0.717, 1.165) is 109 Å². The molecule has 0 bridgehead atoms. The van der Waals surface area contributed by atoms with Crippen LogP contribution in [-0.4, -0.2) is 73.4 Å². The SMILES string of the molecule is CC/C=C\C/C=C\C/C=C\C/C=C\C/C=C\C/C=C\C/C=C\C/C=C\CCCCCCCCCCCCC(=O)NC(COP(=O)(O)OCC[N+](C)(C)C)C(O)/C=C/CC/C=C/CC/C=C/CCCCC. The average molecular weight is 992 g/mol. The molecule has 0 aliphatic rings. The van der Waals surface area contributed by atoms with Crippen molar-refractivity contribution in [2.45, 2.75) is 206 Å². The molecule has 8 nitrogen and oxygen atoms in total. The Labute approximate surface area is 430 Å². The van der Waals surface area contributed by atoms with Crippen molar-refractivity contribution in [3.05, 3.63) is 134 Å². The highest BCUT2D eigenvalue weighted by Gasteiger charge is 2.27. The van der Waals surface area contributed by atoms with Gasteiger partial charge in [0.25, 0.3) is 0 Å². The quantitative estimate of drug-likeness (QED) is 0.0243. The fourth-order valence-corrected chi connectivity index (χ4v) is 7.76. The summed E-state index contributed by atoms with van der Waals surface area (Å²) in [7, 11) is 1.52. The van der Waals surface area contributed by atoms with Gasteiger partial charge in [-0.3, -0.25) is 13.8 Å². The predicted octanol–water partition coefficient (Wildman–Crippen LogP) is 16.8. The first-order valence-electron chi connectivity index (χ1n) is 27.6. The Kier molecular flexibility index (Phi) is 48.1. The van der Waals surface area contributed by atoms with Crippen LogP contribution in [0.1, 0.15) is 194 Å². The first-order valence-corrected chi connectivity index (χ1v) is 29.1. The lowest BCUT2D eigenvalue weighted by atomic mass is 10.0. The number of nitrogens with zero attached hydrogens (tertiary/aromatic N) is 1. The van der Waals surface area contributed by atoms with Gasteiger partial charge in [-0.05, 0) is 109 Å². The van der Waals surface area contributed by atoms with Crippen molar-refractivity contribution in [3.8, 4) is 0 Å². The van der Waals surface area contributed by atoms with Crippen LogP contribution in [0.15, 0.2) is 134 Å². The number of hydrogen-bond acceptors (Lipinski definition) is 5. The highest BCUT2D eigenvalue weighted by atomic mass is 31.2. The third-order valence-electron chi connectivity index (χ3n) is 11.3. The van der Waals surface area contributed by atoms with Crippen molar-refractivity contribution >= 4 is 13.7 Å². The standard InChI is InChI=1S/C61H103N2O6P/c1-6-8-10-12-14-16-18-20-21-22-23-24-25-26-27-28-29-30-31-32-33-34-35-36-37-38-39-40-41-43-45-47-49-51-53-55-61(65)62-59(58-69-70(66,67)68-57-56-63(3,4)5)60(64)54-52-50-48-46-44-42-19-17-15-13-11-9-7-2/h8,10,14-17,20-21,23-24,26-27,29-30,32-33,35-36,44,46,52,54,59-60,64H,6-7,9,11-13,18-19,22,25,28,31,34,37-43,45,47-51,53,55-58H2,1-5H3,(H-,62,65,66,67)/p+1/b10-8-,16-14-,17-15+,21-20-,24-23-,27-26-,30-29-,33-32-,36-35-,46-44+,54-52+. The predicted molar refractivity (Wildman–Crippen MR) is 304 cm³/mol. The number of carbonyl (C=O) groups excluding carboxylic acids is 1. The van der Waals surface area contributed by atoms with E-state index >= 15 is 0 Å². The fourth-order valence-electron chi connectivity index (χ4n) is 7.03. The number of unbranched alkanes of at least 4 members (excludes halogenated alkanes) is 15. The molecular formula is C61H104N2O6P+. The van der Waals surface area contributed by atoms with Crippen LogP contribution in [0, 0.1) is 0 Å². The Hall–Kier alpha value is -3.36. The number of aliphatic hydroxyl groups is 1. The van der Waals surface area contributed by atoms with Crippen molar-refractivity contribution < 1.29 is 32.9 Å². The zero-order valence-corrected chi connectivity index (χ0v) is 46.1. The second-order valence-electron chi connectivity index (χ2n) is 19.2. The van der Waals surface area contributed by atoms with Crippen molar-refractivity contribution in [1.82, 2.24) is 5.32 Å². The fraction of sp³-hybridized carbons (Fsp3) is 0.623. The number of nitrogens with one attached hydrogen (secondary N) is 1. The normalized spacial score (nSPS) is 15.0. The lowest BCUT2D eigenvalue weighted by molar-refractivity contribution is -0.870. The van der Waals surface area contributed by atoms with Crippen LogP contribution >= 0.6 is 7.82 Å². The highest BCUT2D eigenvalue weighted by molar-refractivity contribution is 7.47. The number of likely N-dealkylation sites (N-methyl/N-ethyl adjacent to an activating group) is 1. The maximum atomic E-state index is 12.9. The molecule has 398 valence electrons. The van der Waals surface area contributed by atoms with Gasteiger partial charge in [0.05, 0.1) is 39.9 Å². The number of hydrogen-bond donors (Lipinski definition) is 3. The van der Waals surface area contributed by atoms with Gasteiger partial charge >= 0.3 is 7.82 Å². The van der Waals surface area contributed by atoms with Gasteiger partial charge in [-0.25, -0.2) is 4.57 Å². The third kappa shape index (κ3) is 52.5. The van der Waals surface area contributed by atoms with Gasteiger partial charge in [0.2, 0.25) is 5.91 Å². The minimum Gasteiger partial charge on any atom is -0.387 e. The van der Waals surface area contributed by atoms with Crippen LogP contribution in [0.4, 0.5) is 0 Å². The summed E-state index contributed by atoms with van der Waals surface area (Å²) in [6, 6.07) is -0.880. The topological polar surface area (TPSA) is 105 Å². The molecule has 0 fully saturated rings. The molecule has 0 heterocycles. The molecule has 0 aromatic rings. The molecule has 0 spiro atoms. The van der Waals surface area contributed by atoms with E-state index in [1.807, 2.05) is 27.2 Å². The summed E-state index contributed by atoms with van der Waals surface area (Å²) in [5.41, 5.74) is 0. The minimum atomic E-state index is -4.36. The molecular weight excluding hydrogens is 888 g/mol. The summed E-state index contributed by atoms with van der Waals surface area (Å²) in [6.45, 7) is 4.61. The molecule has 0 aliphatic carbocycles. The van der Waals surface area contributed by atoms with Crippen LogP contribution in [-0.2, 0) is 18.4 Å². The van der Waals surface area contributed by atoms with Crippen molar-refractivity contribution in [2.24, 2.45) is 0 Å². The van der Waals surface area contributed by atoms with E-state index in [4.69, 9.17) is 9.05 Å². The van der Waals surface area contributed by atoms with Crippen LogP contribution in [0.2, 0.25) is 0 Å². The van der Waals surface area contributed by atoms with Crippen molar-refractivity contribution in [3.63, 3.8) is 0 Å². The van der Waals surface area contributed by atoms with Gasteiger partial charge in [-0.2, -0.15) is 0 Å². The summed E-state index contributed by atoms with van der Waals surface area (Å²) in [5.74, 6) is -0.203. The van der Waals surface area contributed by atoms with E-state index < -0.39 is 20.0 Å². The summed E-state index contributed by atoms with van der Waals surface area (Å²) in [6.07, 6.45) is 77.0. The smallest absolute Gasteiger partial charge is 0.387 e. The van der Waals surface area contributed by atoms with Crippen LogP contribution in [0.3, 0.4) is 0 Å². The number of rotatable bonds is 48. The Morgan fingerprint density at radius 2 is 0.871 bits per heavy atom. The largest absolute Gasteiger partial charge is 0.472 e. The third-order valence-corrected chi connectivity index (χ3v) is 12.3. The molecule has 0 saturated carbocycles. The number of phosphoric ester groups is 1. The minimum absolute atomic E-state index is 0.0458. The average Bonchev–Trinajstić information content (AvgIpc) is 3.32. The van der Waals surface area contributed by atoms with Gasteiger partial charge < -0.3 is 19.8 Å². The molecule has 0 aromatic carbocycles. The van der Waals surface area contributed by atoms with Crippen LogP contribution in [0.5, 0.6) is 0 Å². The molecule has 0 aliphatic heterocycles. The zero-order chi connectivity index (χ0) is 51.3. The van der Waals surface area contributed by atoms with E-state index in [1.165, 1.54) is 64.2 Å². The van der Waals surface area contributed by atoms with Crippen LogP contribution in [0.25, 0.3) is 0 Å². The molecule has 3 N–H and O–H groups in total. The lowest BCUT2D eigenvalue weighted by Gasteiger charge is -2.25. The zero-order valence-electron chi connectivity index (χ0n) is 45.2. The van der Waals surface area contributed by atoms with Crippen molar-refractivity contribution in [2.75, 3.05) is 40.9 Å². The molecule has 0 aromatic heterocycles. The second kappa shape index (κ2) is 50.6. The molecule has 9 heteroatoms. The molecule has 1 amide bonds. The Morgan fingerprint density at radius 1 is 0.500 bits per heavy atom. The number of aliphatic hydroxyl groups excluding tert-OH is 1. The molecule has 3 unspecified atom stereocenters. The van der Waals surface area contributed by atoms with Crippen LogP contribution < -0.4 is 5.32 Å². The molecule has 3 atom stereocenters. The monoisotopic (exact) mass is 992 g/mol. The summed E-state index contributed by atoms with van der Waals surface area (Å²) in [4.78, 5) is 23.2. The van der Waals surface area contributed by atoms with Gasteiger partial charge in [-0.1, -0.05) is 212 Å². The van der Waals surface area contributed by atoms with Crippen molar-refractivity contribution in [1.29, 1.82) is 0 Å². The Morgan fingerprint density at radius 3 is 1.31 bits per heavy atom. The summed E-state index contributed by atoms with van der Waals surface area (Å²) >= 11 is 0. The summed E-state index contributed by atoms with van der Waals surface area (Å²) in [5, 5.41) is 13.8. The maximum Gasteiger partial charge on any atom is 0.472 e. The van der Waals surface area contributed by atoms with Gasteiger partial charge in [0.1, 0.15) is 13.2 Å². The second-order valence-corrected chi connectivity index (χ2v) is 20.7. The molecule has 0 rings (SSSR count). The van der Waals surface area contributed by atoms with E-state index in [2.05, 4.69) is 141 Å². The number of carbonyl (C=O) groups is 1. The molecule has 70 heavy (non-hydrogen) atoms. The summed E-state index contributed by atoms with van der Waals surface area (Å²) < 4.78 is 23.6. The highest BCUT2D eigenvalue weighted by Crippen LogP contribution is 2.43. The van der Waals surface area contributed by atoms with Gasteiger partial charge in [0, 0.05) is 6.42 Å². The first kappa shape index (κ1) is 66.6. The van der Waals surface area contributed by atoms with Gasteiger partial charge in [-0.15, -0.1) is 0 Å². The number of amides is 1. The lowest BCUT2D eigenvalue weighted by Crippen LogP contribution is -2.45. The number of quaternary nitrogens is 1. The maximum absolute atomic E-state index is 12.9. The van der Waals surface area contributed by atoms with E-state index in [1.54, 1.807) is 6.08 Å².